The van der Waals surface area contributed by atoms with Gasteiger partial charge in [0, 0.05) is 13.2 Å². The van der Waals surface area contributed by atoms with E-state index < -0.39 is 6.04 Å². The summed E-state index contributed by atoms with van der Waals surface area (Å²) in [6.45, 7) is 7.51. The number of esters is 1. The minimum atomic E-state index is -0.591. The zero-order valence-corrected chi connectivity index (χ0v) is 15.7. The number of ether oxygens (including phenoxy) is 2. The molecule has 5 nitrogen and oxygen atoms in total. The van der Waals surface area contributed by atoms with E-state index in [-0.39, 0.29) is 18.3 Å². The Bertz CT molecular complexity index is 597. The smallest absolute Gasteiger partial charge is 0.328 e. The van der Waals surface area contributed by atoms with Crippen LogP contribution in [0.4, 0.5) is 0 Å². The Labute approximate surface area is 150 Å². The average molecular weight is 347 g/mol. The van der Waals surface area contributed by atoms with Crippen molar-refractivity contribution in [3.05, 3.63) is 34.4 Å². The topological polar surface area (TPSA) is 64.6 Å². The predicted octanol–water partition coefficient (Wildman–Crippen LogP) is 2.63. The Morgan fingerprint density at radius 1 is 1.20 bits per heavy atom. The van der Waals surface area contributed by atoms with Gasteiger partial charge in [0.05, 0.1) is 13.5 Å². The number of carbonyl (C=O) groups is 2. The summed E-state index contributed by atoms with van der Waals surface area (Å²) in [6.07, 6.45) is 2.71. The SMILES string of the molecule is COC(=O)C(CC1CCOCC1)NC(=O)Cc1c(C)cc(C)cc1C. The molecule has 138 valence electrons. The Kier molecular flexibility index (Phi) is 7.00. The Morgan fingerprint density at radius 3 is 2.36 bits per heavy atom. The van der Waals surface area contributed by atoms with Crippen molar-refractivity contribution in [2.75, 3.05) is 20.3 Å². The summed E-state index contributed by atoms with van der Waals surface area (Å²) in [5.74, 6) is -0.143. The Hall–Kier alpha value is -1.88. The molecule has 2 rings (SSSR count). The average Bonchev–Trinajstić information content (AvgIpc) is 2.57. The Morgan fingerprint density at radius 2 is 1.80 bits per heavy atom. The van der Waals surface area contributed by atoms with Gasteiger partial charge in [-0.05, 0) is 62.6 Å². The van der Waals surface area contributed by atoms with Crippen LogP contribution in [0, 0.1) is 26.7 Å². The molecule has 0 aromatic heterocycles. The number of aryl methyl sites for hydroxylation is 3. The summed E-state index contributed by atoms with van der Waals surface area (Å²) < 4.78 is 10.2. The molecule has 1 atom stereocenters. The van der Waals surface area contributed by atoms with Gasteiger partial charge in [0.15, 0.2) is 0 Å². The first-order chi connectivity index (χ1) is 11.9. The lowest BCUT2D eigenvalue weighted by Gasteiger charge is -2.26. The molecule has 1 fully saturated rings. The zero-order valence-electron chi connectivity index (χ0n) is 15.7. The van der Waals surface area contributed by atoms with E-state index in [1.165, 1.54) is 12.7 Å². The molecule has 0 bridgehead atoms. The number of hydrogen-bond acceptors (Lipinski definition) is 4. The first-order valence-corrected chi connectivity index (χ1v) is 8.92. The normalized spacial score (nSPS) is 16.3. The predicted molar refractivity (Wildman–Crippen MR) is 96.5 cm³/mol. The van der Waals surface area contributed by atoms with Gasteiger partial charge in [-0.15, -0.1) is 0 Å². The van der Waals surface area contributed by atoms with Gasteiger partial charge in [-0.2, -0.15) is 0 Å². The maximum atomic E-state index is 12.5. The highest BCUT2D eigenvalue weighted by Crippen LogP contribution is 2.21. The highest BCUT2D eigenvalue weighted by atomic mass is 16.5. The summed E-state index contributed by atoms with van der Waals surface area (Å²) in [7, 11) is 1.36. The summed E-state index contributed by atoms with van der Waals surface area (Å²) in [4.78, 5) is 24.6. The molecule has 1 aromatic rings. The fraction of sp³-hybridized carbons (Fsp3) is 0.600. The lowest BCUT2D eigenvalue weighted by Crippen LogP contribution is -2.44. The van der Waals surface area contributed by atoms with E-state index in [0.29, 0.717) is 25.6 Å². The van der Waals surface area contributed by atoms with E-state index in [2.05, 4.69) is 17.4 Å². The van der Waals surface area contributed by atoms with Crippen LogP contribution in [-0.4, -0.2) is 38.2 Å². The van der Waals surface area contributed by atoms with Crippen LogP contribution in [-0.2, 0) is 25.5 Å². The van der Waals surface area contributed by atoms with Crippen LogP contribution in [0.15, 0.2) is 12.1 Å². The van der Waals surface area contributed by atoms with Gasteiger partial charge in [-0.25, -0.2) is 4.79 Å². The molecule has 1 amide bonds. The van der Waals surface area contributed by atoms with E-state index >= 15 is 0 Å². The van der Waals surface area contributed by atoms with Gasteiger partial charge in [0.2, 0.25) is 5.91 Å². The van der Waals surface area contributed by atoms with Gasteiger partial charge in [-0.3, -0.25) is 4.79 Å². The van der Waals surface area contributed by atoms with Crippen molar-refractivity contribution in [1.29, 1.82) is 0 Å². The largest absolute Gasteiger partial charge is 0.467 e. The molecule has 0 radical (unpaired) electrons. The molecule has 1 aromatic carbocycles. The lowest BCUT2D eigenvalue weighted by molar-refractivity contribution is -0.145. The molecule has 0 aliphatic carbocycles. The van der Waals surface area contributed by atoms with E-state index in [1.807, 2.05) is 20.8 Å². The van der Waals surface area contributed by atoms with Gasteiger partial charge >= 0.3 is 5.97 Å². The maximum absolute atomic E-state index is 12.5. The van der Waals surface area contributed by atoms with Gasteiger partial charge in [0.25, 0.3) is 0 Å². The number of nitrogens with one attached hydrogen (secondary N) is 1. The number of rotatable bonds is 6. The van der Waals surface area contributed by atoms with Crippen LogP contribution >= 0.6 is 0 Å². The third kappa shape index (κ3) is 5.56. The first-order valence-electron chi connectivity index (χ1n) is 8.92. The molecule has 0 saturated carbocycles. The molecule has 0 spiro atoms. The summed E-state index contributed by atoms with van der Waals surface area (Å²) in [5, 5.41) is 2.88. The van der Waals surface area contributed by atoms with Crippen LogP contribution in [0.1, 0.15) is 41.5 Å². The molecular formula is C20H29NO4. The summed E-state index contributed by atoms with van der Waals surface area (Å²) in [5.41, 5.74) is 4.42. The van der Waals surface area contributed by atoms with E-state index in [0.717, 1.165) is 29.5 Å². The van der Waals surface area contributed by atoms with Crippen molar-refractivity contribution in [2.45, 2.75) is 52.5 Å². The van der Waals surface area contributed by atoms with E-state index in [4.69, 9.17) is 9.47 Å². The number of carbonyl (C=O) groups excluding carboxylic acids is 2. The Balaban J connectivity index is 2.02. The molecule has 1 heterocycles. The van der Waals surface area contributed by atoms with Crippen LogP contribution in [0.3, 0.4) is 0 Å². The third-order valence-corrected chi connectivity index (χ3v) is 4.91. The molecular weight excluding hydrogens is 318 g/mol. The van der Waals surface area contributed by atoms with Gasteiger partial charge < -0.3 is 14.8 Å². The molecule has 1 aliphatic rings. The second-order valence-corrected chi connectivity index (χ2v) is 6.99. The number of benzene rings is 1. The minimum Gasteiger partial charge on any atom is -0.467 e. The van der Waals surface area contributed by atoms with Crippen molar-refractivity contribution in [2.24, 2.45) is 5.92 Å². The zero-order chi connectivity index (χ0) is 18.4. The molecule has 1 aliphatic heterocycles. The monoisotopic (exact) mass is 347 g/mol. The molecule has 1 N–H and O–H groups in total. The molecule has 1 saturated heterocycles. The fourth-order valence-corrected chi connectivity index (χ4v) is 3.57. The van der Waals surface area contributed by atoms with E-state index in [9.17, 15) is 9.59 Å². The minimum absolute atomic E-state index is 0.141. The van der Waals surface area contributed by atoms with Crippen molar-refractivity contribution in [3.8, 4) is 0 Å². The van der Waals surface area contributed by atoms with Crippen LogP contribution < -0.4 is 5.32 Å². The molecule has 25 heavy (non-hydrogen) atoms. The van der Waals surface area contributed by atoms with Crippen molar-refractivity contribution >= 4 is 11.9 Å². The quantitative estimate of drug-likeness (QED) is 0.804. The maximum Gasteiger partial charge on any atom is 0.328 e. The second-order valence-electron chi connectivity index (χ2n) is 6.99. The first kappa shape index (κ1) is 19.4. The van der Waals surface area contributed by atoms with Crippen LogP contribution in [0.5, 0.6) is 0 Å². The third-order valence-electron chi connectivity index (χ3n) is 4.91. The van der Waals surface area contributed by atoms with E-state index in [1.54, 1.807) is 0 Å². The number of hydrogen-bond donors (Lipinski definition) is 1. The van der Waals surface area contributed by atoms with Gasteiger partial charge in [-0.1, -0.05) is 17.7 Å². The lowest BCUT2D eigenvalue weighted by atomic mass is 9.92. The van der Waals surface area contributed by atoms with Crippen molar-refractivity contribution in [3.63, 3.8) is 0 Å². The summed E-state index contributed by atoms with van der Waals surface area (Å²) in [6, 6.07) is 3.57. The van der Waals surface area contributed by atoms with Crippen LogP contribution in [0.25, 0.3) is 0 Å². The highest BCUT2D eigenvalue weighted by molar-refractivity contribution is 5.86. The standard InChI is InChI=1S/C20H29NO4/c1-13-9-14(2)17(15(3)10-13)12-19(22)21-18(20(23)24-4)11-16-5-7-25-8-6-16/h9-10,16,18H,5-8,11-12H2,1-4H3,(H,21,22). The number of amides is 1. The van der Waals surface area contributed by atoms with Crippen molar-refractivity contribution in [1.82, 2.24) is 5.32 Å². The van der Waals surface area contributed by atoms with Gasteiger partial charge in [0.1, 0.15) is 6.04 Å². The van der Waals surface area contributed by atoms with Crippen LogP contribution in [0.2, 0.25) is 0 Å². The number of methoxy groups -OCH3 is 1. The highest BCUT2D eigenvalue weighted by Gasteiger charge is 2.27. The van der Waals surface area contributed by atoms with Crippen molar-refractivity contribution < 1.29 is 19.1 Å². The second kappa shape index (κ2) is 8.99. The summed E-state index contributed by atoms with van der Waals surface area (Å²) >= 11 is 0. The fourth-order valence-electron chi connectivity index (χ4n) is 3.57. The molecule has 5 heteroatoms. The molecule has 1 unspecified atom stereocenters.